The number of alkyl halides is 1. The van der Waals surface area contributed by atoms with Crippen LogP contribution >= 0.6 is 15.9 Å². The Bertz CT molecular complexity index is 666. The summed E-state index contributed by atoms with van der Waals surface area (Å²) >= 11 is 4.04. The molecule has 0 N–H and O–H groups in total. The molecule has 0 heterocycles. The van der Waals surface area contributed by atoms with Crippen LogP contribution in [0.3, 0.4) is 0 Å². The Balaban J connectivity index is 1.76. The summed E-state index contributed by atoms with van der Waals surface area (Å²) in [5, 5.41) is 2.56. The Kier molecular flexibility index (Phi) is 3.45. The van der Waals surface area contributed by atoms with Gasteiger partial charge in [0.2, 0.25) is 0 Å². The summed E-state index contributed by atoms with van der Waals surface area (Å²) in [6, 6.07) is 13.0. The maximum Gasteiger partial charge on any atom is 0.126 e. The molecule has 0 radical (unpaired) electrons. The van der Waals surface area contributed by atoms with Gasteiger partial charge in [-0.2, -0.15) is 0 Å². The fourth-order valence-corrected chi connectivity index (χ4v) is 5.64. The van der Waals surface area contributed by atoms with Crippen LogP contribution in [0.15, 0.2) is 36.4 Å². The van der Waals surface area contributed by atoms with Gasteiger partial charge in [-0.25, -0.2) is 0 Å². The predicted octanol–water partition coefficient (Wildman–Crippen LogP) is 5.72. The predicted molar refractivity (Wildman–Crippen MR) is 91.1 cm³/mol. The molecule has 0 saturated heterocycles. The molecule has 0 aromatic heterocycles. The molecule has 2 aliphatic carbocycles. The summed E-state index contributed by atoms with van der Waals surface area (Å²) in [4.78, 5) is 0.476. The minimum atomic E-state index is 0.476. The zero-order valence-corrected chi connectivity index (χ0v) is 14.0. The zero-order chi connectivity index (χ0) is 14.4. The fourth-order valence-electron chi connectivity index (χ4n) is 4.60. The van der Waals surface area contributed by atoms with Crippen LogP contribution in [0.2, 0.25) is 0 Å². The van der Waals surface area contributed by atoms with E-state index in [1.165, 1.54) is 42.0 Å². The Hall–Kier alpha value is -1.02. The zero-order valence-electron chi connectivity index (χ0n) is 12.4. The molecule has 2 heteroatoms. The third-order valence-corrected chi connectivity index (χ3v) is 6.78. The monoisotopic (exact) mass is 344 g/mol. The minimum absolute atomic E-state index is 0.476. The highest BCUT2D eigenvalue weighted by Crippen LogP contribution is 2.55. The number of methoxy groups -OCH3 is 1. The first-order chi connectivity index (χ1) is 10.3. The first-order valence-corrected chi connectivity index (χ1v) is 8.89. The highest BCUT2D eigenvalue weighted by Gasteiger charge is 2.43. The molecule has 2 aromatic rings. The van der Waals surface area contributed by atoms with E-state index >= 15 is 0 Å². The smallest absolute Gasteiger partial charge is 0.126 e. The van der Waals surface area contributed by atoms with E-state index in [-0.39, 0.29) is 0 Å². The lowest BCUT2D eigenvalue weighted by atomic mass is 9.83. The van der Waals surface area contributed by atoms with Gasteiger partial charge in [-0.1, -0.05) is 52.7 Å². The SMILES string of the molecule is COc1ccc(C(Br)C2CC3CCC2C3)c2ccccc12. The summed E-state index contributed by atoms with van der Waals surface area (Å²) in [6.45, 7) is 0. The Morgan fingerprint density at radius 2 is 1.86 bits per heavy atom. The van der Waals surface area contributed by atoms with E-state index in [1.54, 1.807) is 7.11 Å². The van der Waals surface area contributed by atoms with Crippen LogP contribution < -0.4 is 4.74 Å². The second kappa shape index (κ2) is 5.31. The quantitative estimate of drug-likeness (QED) is 0.647. The molecular formula is C19H21BrO. The topological polar surface area (TPSA) is 9.23 Å². The van der Waals surface area contributed by atoms with Gasteiger partial charge in [0.1, 0.15) is 5.75 Å². The average molecular weight is 345 g/mol. The van der Waals surface area contributed by atoms with Crippen molar-refractivity contribution in [3.05, 3.63) is 42.0 Å². The highest BCUT2D eigenvalue weighted by molar-refractivity contribution is 9.09. The first kappa shape index (κ1) is 13.6. The Morgan fingerprint density at radius 3 is 2.52 bits per heavy atom. The second-order valence-electron chi connectivity index (χ2n) is 6.64. The third-order valence-electron chi connectivity index (χ3n) is 5.60. The summed E-state index contributed by atoms with van der Waals surface area (Å²) in [7, 11) is 1.75. The van der Waals surface area contributed by atoms with E-state index in [1.807, 2.05) is 0 Å². The van der Waals surface area contributed by atoms with Gasteiger partial charge in [-0.15, -0.1) is 0 Å². The van der Waals surface area contributed by atoms with Gasteiger partial charge in [0.15, 0.2) is 0 Å². The molecule has 110 valence electrons. The van der Waals surface area contributed by atoms with Gasteiger partial charge >= 0.3 is 0 Å². The molecule has 0 spiro atoms. The Labute approximate surface area is 134 Å². The number of ether oxygens (including phenoxy) is 1. The lowest BCUT2D eigenvalue weighted by molar-refractivity contribution is 0.330. The maximum absolute atomic E-state index is 5.52. The largest absolute Gasteiger partial charge is 0.496 e. The molecule has 1 nitrogen and oxygen atoms in total. The van der Waals surface area contributed by atoms with Crippen molar-refractivity contribution in [1.29, 1.82) is 0 Å². The molecule has 2 bridgehead atoms. The van der Waals surface area contributed by atoms with Gasteiger partial charge in [-0.05, 0) is 54.0 Å². The van der Waals surface area contributed by atoms with Crippen molar-refractivity contribution < 1.29 is 4.74 Å². The van der Waals surface area contributed by atoms with E-state index in [2.05, 4.69) is 52.3 Å². The molecule has 4 unspecified atom stereocenters. The molecule has 2 fully saturated rings. The number of halogens is 1. The molecule has 2 saturated carbocycles. The number of benzene rings is 2. The van der Waals surface area contributed by atoms with Crippen molar-refractivity contribution in [2.45, 2.75) is 30.5 Å². The van der Waals surface area contributed by atoms with Crippen molar-refractivity contribution in [2.75, 3.05) is 7.11 Å². The number of hydrogen-bond acceptors (Lipinski definition) is 1. The molecular weight excluding hydrogens is 324 g/mol. The van der Waals surface area contributed by atoms with E-state index in [0.29, 0.717) is 4.83 Å². The first-order valence-electron chi connectivity index (χ1n) is 7.97. The molecule has 0 aliphatic heterocycles. The van der Waals surface area contributed by atoms with E-state index < -0.39 is 0 Å². The van der Waals surface area contributed by atoms with Crippen molar-refractivity contribution in [2.24, 2.45) is 17.8 Å². The van der Waals surface area contributed by atoms with Crippen LogP contribution in [0, 0.1) is 17.8 Å². The summed E-state index contributed by atoms with van der Waals surface area (Å²) in [5.74, 6) is 3.70. The van der Waals surface area contributed by atoms with Crippen LogP contribution in [0.1, 0.15) is 36.1 Å². The van der Waals surface area contributed by atoms with Gasteiger partial charge < -0.3 is 4.74 Å². The van der Waals surface area contributed by atoms with Crippen molar-refractivity contribution >= 4 is 26.7 Å². The lowest BCUT2D eigenvalue weighted by Gasteiger charge is -2.28. The van der Waals surface area contributed by atoms with Crippen LogP contribution in [0.25, 0.3) is 10.8 Å². The van der Waals surface area contributed by atoms with Crippen LogP contribution in [0.5, 0.6) is 5.75 Å². The standard InChI is InChI=1S/C19H21BrO/c1-21-18-9-8-16(14-4-2-3-5-15(14)18)19(20)17-11-12-6-7-13(17)10-12/h2-5,8-9,12-13,17,19H,6-7,10-11H2,1H3. The molecule has 4 rings (SSSR count). The van der Waals surface area contributed by atoms with E-state index in [9.17, 15) is 0 Å². The normalized spacial score (nSPS) is 29.0. The molecule has 4 atom stereocenters. The number of fused-ring (bicyclic) bond motifs is 3. The fraction of sp³-hybridized carbons (Fsp3) is 0.474. The lowest BCUT2D eigenvalue weighted by Crippen LogP contribution is -2.15. The van der Waals surface area contributed by atoms with Crippen LogP contribution in [-0.4, -0.2) is 7.11 Å². The van der Waals surface area contributed by atoms with Gasteiger partial charge in [0, 0.05) is 10.2 Å². The molecule has 0 amide bonds. The van der Waals surface area contributed by atoms with Gasteiger partial charge in [0.05, 0.1) is 7.11 Å². The third kappa shape index (κ3) is 2.19. The molecule has 21 heavy (non-hydrogen) atoms. The van der Waals surface area contributed by atoms with Crippen molar-refractivity contribution in [3.63, 3.8) is 0 Å². The number of hydrogen-bond donors (Lipinski definition) is 0. The van der Waals surface area contributed by atoms with Crippen LogP contribution in [-0.2, 0) is 0 Å². The molecule has 2 aromatic carbocycles. The maximum atomic E-state index is 5.52. The summed E-state index contributed by atoms with van der Waals surface area (Å²) in [6.07, 6.45) is 5.76. The van der Waals surface area contributed by atoms with Gasteiger partial charge in [-0.3, -0.25) is 0 Å². The minimum Gasteiger partial charge on any atom is -0.496 e. The van der Waals surface area contributed by atoms with E-state index in [4.69, 9.17) is 4.74 Å². The molecule has 2 aliphatic rings. The summed E-state index contributed by atoms with van der Waals surface area (Å²) in [5.41, 5.74) is 1.43. The van der Waals surface area contributed by atoms with Gasteiger partial charge in [0.25, 0.3) is 0 Å². The van der Waals surface area contributed by atoms with E-state index in [0.717, 1.165) is 23.5 Å². The highest BCUT2D eigenvalue weighted by atomic mass is 79.9. The Morgan fingerprint density at radius 1 is 1.05 bits per heavy atom. The average Bonchev–Trinajstić information content (AvgIpc) is 3.16. The summed E-state index contributed by atoms with van der Waals surface area (Å²) < 4.78 is 5.52. The second-order valence-corrected chi connectivity index (χ2v) is 7.63. The number of rotatable bonds is 3. The van der Waals surface area contributed by atoms with Crippen molar-refractivity contribution in [3.8, 4) is 5.75 Å². The van der Waals surface area contributed by atoms with Crippen molar-refractivity contribution in [1.82, 2.24) is 0 Å². The van der Waals surface area contributed by atoms with Crippen LogP contribution in [0.4, 0.5) is 0 Å².